The van der Waals surface area contributed by atoms with Crippen molar-refractivity contribution in [3.8, 4) is 0 Å². The maximum Gasteiger partial charge on any atom is 0.220 e. The SMILES string of the molecule is CCCC(=O)NC[C@@H](c1ccco1)S(=O)(=O)c1ccc(C)cc1. The summed E-state index contributed by atoms with van der Waals surface area (Å²) < 4.78 is 31.1. The molecule has 0 spiro atoms. The van der Waals surface area contributed by atoms with Crippen LogP contribution in [0.4, 0.5) is 0 Å². The molecule has 0 aliphatic rings. The minimum atomic E-state index is -3.66. The van der Waals surface area contributed by atoms with Gasteiger partial charge in [0.05, 0.1) is 11.2 Å². The van der Waals surface area contributed by atoms with Crippen LogP contribution >= 0.6 is 0 Å². The van der Waals surface area contributed by atoms with Gasteiger partial charge in [0.2, 0.25) is 5.91 Å². The largest absolute Gasteiger partial charge is 0.468 e. The maximum atomic E-state index is 12.9. The molecule has 5 nitrogen and oxygen atoms in total. The molecule has 0 aliphatic carbocycles. The zero-order valence-corrected chi connectivity index (χ0v) is 14.1. The quantitative estimate of drug-likeness (QED) is 0.844. The van der Waals surface area contributed by atoms with E-state index in [0.717, 1.165) is 5.56 Å². The molecule has 0 fully saturated rings. The lowest BCUT2D eigenvalue weighted by molar-refractivity contribution is -0.121. The number of hydrogen-bond donors (Lipinski definition) is 1. The number of carbonyl (C=O) groups is 1. The van der Waals surface area contributed by atoms with E-state index < -0.39 is 15.1 Å². The summed E-state index contributed by atoms with van der Waals surface area (Å²) >= 11 is 0. The fourth-order valence-corrected chi connectivity index (χ4v) is 3.84. The lowest BCUT2D eigenvalue weighted by Gasteiger charge is -2.16. The molecule has 0 saturated carbocycles. The molecule has 0 unspecified atom stereocenters. The number of aryl methyl sites for hydroxylation is 1. The lowest BCUT2D eigenvalue weighted by Crippen LogP contribution is -2.31. The lowest BCUT2D eigenvalue weighted by atomic mass is 10.2. The molecule has 0 radical (unpaired) electrons. The number of amides is 1. The van der Waals surface area contributed by atoms with Crippen molar-refractivity contribution in [2.45, 2.75) is 36.8 Å². The summed E-state index contributed by atoms with van der Waals surface area (Å²) in [6.45, 7) is 3.78. The predicted molar refractivity (Wildman–Crippen MR) is 87.7 cm³/mol. The van der Waals surface area contributed by atoms with Gasteiger partial charge in [-0.2, -0.15) is 0 Å². The van der Waals surface area contributed by atoms with E-state index in [1.54, 1.807) is 36.4 Å². The van der Waals surface area contributed by atoms with Gasteiger partial charge in [-0.3, -0.25) is 4.79 Å². The summed E-state index contributed by atoms with van der Waals surface area (Å²) in [7, 11) is -3.66. The Bertz CT molecular complexity index is 733. The molecule has 1 amide bonds. The Balaban J connectivity index is 2.29. The van der Waals surface area contributed by atoms with Crippen molar-refractivity contribution in [1.29, 1.82) is 0 Å². The smallest absolute Gasteiger partial charge is 0.220 e. The average molecular weight is 335 g/mol. The van der Waals surface area contributed by atoms with E-state index in [0.29, 0.717) is 18.6 Å². The Morgan fingerprint density at radius 3 is 2.48 bits per heavy atom. The summed E-state index contributed by atoms with van der Waals surface area (Å²) in [4.78, 5) is 11.9. The molecule has 2 aromatic rings. The first-order valence-corrected chi connectivity index (χ1v) is 9.10. The first-order chi connectivity index (χ1) is 10.9. The molecule has 6 heteroatoms. The molecule has 23 heavy (non-hydrogen) atoms. The summed E-state index contributed by atoms with van der Waals surface area (Å²) in [5.74, 6) is 0.158. The molecule has 1 heterocycles. The van der Waals surface area contributed by atoms with Crippen LogP contribution in [-0.4, -0.2) is 20.9 Å². The highest BCUT2D eigenvalue weighted by Crippen LogP contribution is 2.29. The second-order valence-electron chi connectivity index (χ2n) is 5.42. The van der Waals surface area contributed by atoms with Gasteiger partial charge >= 0.3 is 0 Å². The summed E-state index contributed by atoms with van der Waals surface area (Å²) in [5, 5.41) is 1.74. The van der Waals surface area contributed by atoms with Crippen LogP contribution in [0.25, 0.3) is 0 Å². The van der Waals surface area contributed by atoms with Crippen molar-refractivity contribution in [2.75, 3.05) is 6.54 Å². The highest BCUT2D eigenvalue weighted by atomic mass is 32.2. The van der Waals surface area contributed by atoms with Gasteiger partial charge in [0.15, 0.2) is 9.84 Å². The third-order valence-electron chi connectivity index (χ3n) is 3.55. The minimum absolute atomic E-state index is 0.0114. The zero-order chi connectivity index (χ0) is 16.9. The molecule has 0 aliphatic heterocycles. The van der Waals surface area contributed by atoms with Crippen molar-refractivity contribution in [3.05, 3.63) is 54.0 Å². The number of rotatable bonds is 7. The molecular formula is C17H21NO4S. The zero-order valence-electron chi connectivity index (χ0n) is 13.3. The molecular weight excluding hydrogens is 314 g/mol. The number of hydrogen-bond acceptors (Lipinski definition) is 4. The van der Waals surface area contributed by atoms with Crippen molar-refractivity contribution in [2.24, 2.45) is 0 Å². The van der Waals surface area contributed by atoms with Gasteiger partial charge < -0.3 is 9.73 Å². The second kappa shape index (κ2) is 7.46. The maximum absolute atomic E-state index is 12.9. The first kappa shape index (κ1) is 17.3. The third kappa shape index (κ3) is 4.22. The number of benzene rings is 1. The van der Waals surface area contributed by atoms with Crippen LogP contribution in [0.3, 0.4) is 0 Å². The molecule has 1 atom stereocenters. The first-order valence-electron chi connectivity index (χ1n) is 7.55. The van der Waals surface area contributed by atoms with Gasteiger partial charge in [-0.15, -0.1) is 0 Å². The predicted octanol–water partition coefficient (Wildman–Crippen LogP) is 3.02. The summed E-state index contributed by atoms with van der Waals surface area (Å²) in [6, 6.07) is 9.91. The fourth-order valence-electron chi connectivity index (χ4n) is 2.25. The number of carbonyl (C=O) groups excluding carboxylic acids is 1. The Morgan fingerprint density at radius 2 is 1.91 bits per heavy atom. The van der Waals surface area contributed by atoms with Gasteiger partial charge in [0.25, 0.3) is 0 Å². The highest BCUT2D eigenvalue weighted by Gasteiger charge is 2.31. The fraction of sp³-hybridized carbons (Fsp3) is 0.353. The van der Waals surface area contributed by atoms with Crippen molar-refractivity contribution >= 4 is 15.7 Å². The Labute approximate surface area is 136 Å². The van der Waals surface area contributed by atoms with E-state index in [9.17, 15) is 13.2 Å². The van der Waals surface area contributed by atoms with Gasteiger partial charge in [-0.25, -0.2) is 8.42 Å². The highest BCUT2D eigenvalue weighted by molar-refractivity contribution is 7.91. The number of nitrogens with one attached hydrogen (secondary N) is 1. The van der Waals surface area contributed by atoms with Gasteiger partial charge in [0, 0.05) is 13.0 Å². The summed E-state index contributed by atoms with van der Waals surface area (Å²) in [5.41, 5.74) is 0.981. The Kier molecular flexibility index (Phi) is 5.60. The monoisotopic (exact) mass is 335 g/mol. The number of furan rings is 1. The van der Waals surface area contributed by atoms with Crippen LogP contribution in [0.1, 0.15) is 36.3 Å². The van der Waals surface area contributed by atoms with E-state index in [2.05, 4.69) is 5.32 Å². The third-order valence-corrected chi connectivity index (χ3v) is 5.62. The van der Waals surface area contributed by atoms with E-state index in [4.69, 9.17) is 4.42 Å². The van der Waals surface area contributed by atoms with Gasteiger partial charge in [-0.1, -0.05) is 24.6 Å². The van der Waals surface area contributed by atoms with Crippen LogP contribution < -0.4 is 5.32 Å². The molecule has 1 aromatic carbocycles. The normalized spacial score (nSPS) is 12.8. The van der Waals surface area contributed by atoms with Crippen LogP contribution in [0, 0.1) is 6.92 Å². The topological polar surface area (TPSA) is 76.4 Å². The molecule has 1 aromatic heterocycles. The number of sulfone groups is 1. The Hall–Kier alpha value is -2.08. The van der Waals surface area contributed by atoms with Crippen molar-refractivity contribution in [3.63, 3.8) is 0 Å². The van der Waals surface area contributed by atoms with E-state index in [1.807, 2.05) is 13.8 Å². The van der Waals surface area contributed by atoms with Crippen molar-refractivity contribution in [1.82, 2.24) is 5.32 Å². The van der Waals surface area contributed by atoms with Crippen LogP contribution in [-0.2, 0) is 14.6 Å². The van der Waals surface area contributed by atoms with Crippen molar-refractivity contribution < 1.29 is 17.6 Å². The van der Waals surface area contributed by atoms with E-state index in [-0.39, 0.29) is 17.3 Å². The summed E-state index contributed by atoms with van der Waals surface area (Å²) in [6.07, 6.45) is 2.51. The van der Waals surface area contributed by atoms with Crippen LogP contribution in [0.15, 0.2) is 52.0 Å². The minimum Gasteiger partial charge on any atom is -0.468 e. The molecule has 0 bridgehead atoms. The van der Waals surface area contributed by atoms with E-state index in [1.165, 1.54) is 6.26 Å². The molecule has 2 rings (SSSR count). The van der Waals surface area contributed by atoms with Gasteiger partial charge in [-0.05, 0) is 37.6 Å². The molecule has 1 N–H and O–H groups in total. The van der Waals surface area contributed by atoms with E-state index >= 15 is 0 Å². The molecule has 0 saturated heterocycles. The van der Waals surface area contributed by atoms with Gasteiger partial charge in [0.1, 0.15) is 11.0 Å². The second-order valence-corrected chi connectivity index (χ2v) is 7.55. The van der Waals surface area contributed by atoms with Crippen LogP contribution in [0.5, 0.6) is 0 Å². The standard InChI is InChI=1S/C17H21NO4S/c1-3-5-17(19)18-12-16(15-6-4-11-22-15)23(20,21)14-9-7-13(2)8-10-14/h4,6-11,16H,3,5,12H2,1-2H3,(H,18,19)/t16-/m0/s1. The molecule has 124 valence electrons. The average Bonchev–Trinajstić information content (AvgIpc) is 3.02. The Morgan fingerprint density at radius 1 is 1.22 bits per heavy atom. The van der Waals surface area contributed by atoms with Crippen LogP contribution in [0.2, 0.25) is 0 Å².